The molecule has 0 spiro atoms. The summed E-state index contributed by atoms with van der Waals surface area (Å²) in [5, 5.41) is 8.82. The molecule has 1 saturated carbocycles. The highest BCUT2D eigenvalue weighted by Gasteiger charge is 2.29. The predicted octanol–water partition coefficient (Wildman–Crippen LogP) is 2.34. The molecule has 1 aliphatic rings. The monoisotopic (exact) mass is 284 g/mol. The van der Waals surface area contributed by atoms with Gasteiger partial charge in [0.25, 0.3) is 0 Å². The van der Waals surface area contributed by atoms with E-state index in [1.54, 1.807) is 6.20 Å². The number of hydrogen-bond donors (Lipinski definition) is 1. The first-order chi connectivity index (χ1) is 9.11. The van der Waals surface area contributed by atoms with Crippen LogP contribution in [0.4, 0.5) is 0 Å². The highest BCUT2D eigenvalue weighted by atomic mass is 35.5. The summed E-state index contributed by atoms with van der Waals surface area (Å²) in [6.45, 7) is 5.12. The highest BCUT2D eigenvalue weighted by molar-refractivity contribution is 6.31. The van der Waals surface area contributed by atoms with Crippen LogP contribution in [0.15, 0.2) is 6.20 Å². The zero-order valence-electron chi connectivity index (χ0n) is 12.2. The molecule has 1 N–H and O–H groups in total. The van der Waals surface area contributed by atoms with Gasteiger partial charge in [-0.2, -0.15) is 5.10 Å². The molecule has 108 valence electrons. The van der Waals surface area contributed by atoms with E-state index in [1.807, 2.05) is 0 Å². The quantitative estimate of drug-likeness (QED) is 0.870. The van der Waals surface area contributed by atoms with Crippen LogP contribution in [0.5, 0.6) is 0 Å². The Morgan fingerprint density at radius 3 is 2.95 bits per heavy atom. The van der Waals surface area contributed by atoms with Crippen LogP contribution in [-0.2, 0) is 6.54 Å². The number of likely N-dealkylation sites (N-methyl/N-ethyl adjacent to an activating group) is 1. The molecule has 1 aromatic heterocycles. The van der Waals surface area contributed by atoms with Gasteiger partial charge >= 0.3 is 0 Å². The molecule has 0 amide bonds. The molecular formula is C14H25ClN4. The molecule has 2 rings (SSSR count). The standard InChI is InChI=1S/C14H25ClN4/c1-4-16-12-6-5-11(9-12)14-13(15)10-17-19(14)8-7-18(2)3/h10-12,16H,4-9H2,1-3H3. The molecule has 1 heterocycles. The summed E-state index contributed by atoms with van der Waals surface area (Å²) in [6, 6.07) is 0.642. The first kappa shape index (κ1) is 14.8. The van der Waals surface area contributed by atoms with E-state index in [0.29, 0.717) is 12.0 Å². The van der Waals surface area contributed by atoms with Crippen molar-refractivity contribution >= 4 is 11.6 Å². The second-order valence-corrected chi connectivity index (χ2v) is 6.08. The maximum atomic E-state index is 6.35. The molecule has 2 atom stereocenters. The number of rotatable bonds is 6. The zero-order valence-corrected chi connectivity index (χ0v) is 13.0. The summed E-state index contributed by atoms with van der Waals surface area (Å²) < 4.78 is 2.10. The Labute approximate surface area is 121 Å². The summed E-state index contributed by atoms with van der Waals surface area (Å²) in [6.07, 6.45) is 5.44. The number of nitrogens with zero attached hydrogens (tertiary/aromatic N) is 3. The molecule has 0 aliphatic heterocycles. The number of aromatic nitrogens is 2. The van der Waals surface area contributed by atoms with Gasteiger partial charge in [0.05, 0.1) is 23.5 Å². The van der Waals surface area contributed by atoms with Crippen LogP contribution in [0.3, 0.4) is 0 Å². The fourth-order valence-corrected chi connectivity index (χ4v) is 3.25. The maximum Gasteiger partial charge on any atom is 0.0820 e. The molecule has 2 unspecified atom stereocenters. The minimum atomic E-state index is 0.557. The second kappa shape index (κ2) is 6.73. The van der Waals surface area contributed by atoms with E-state index in [4.69, 9.17) is 11.6 Å². The molecule has 0 saturated heterocycles. The summed E-state index contributed by atoms with van der Waals surface area (Å²) >= 11 is 6.35. The SMILES string of the molecule is CCNC1CCC(c2c(Cl)cnn2CCN(C)C)C1. The van der Waals surface area contributed by atoms with Gasteiger partial charge in [0.2, 0.25) is 0 Å². The topological polar surface area (TPSA) is 33.1 Å². The smallest absolute Gasteiger partial charge is 0.0820 e. The van der Waals surface area contributed by atoms with Crippen LogP contribution in [-0.4, -0.2) is 47.9 Å². The Kier molecular flexibility index (Phi) is 5.25. The molecule has 4 nitrogen and oxygen atoms in total. The van der Waals surface area contributed by atoms with Gasteiger partial charge in [-0.25, -0.2) is 0 Å². The third kappa shape index (κ3) is 3.71. The molecule has 5 heteroatoms. The van der Waals surface area contributed by atoms with E-state index >= 15 is 0 Å². The lowest BCUT2D eigenvalue weighted by Gasteiger charge is -2.16. The first-order valence-corrected chi connectivity index (χ1v) is 7.59. The normalized spacial score (nSPS) is 23.4. The Bertz CT molecular complexity index is 402. The minimum Gasteiger partial charge on any atom is -0.314 e. The number of hydrogen-bond acceptors (Lipinski definition) is 3. The lowest BCUT2D eigenvalue weighted by atomic mass is 10.0. The van der Waals surface area contributed by atoms with Crippen molar-refractivity contribution in [1.29, 1.82) is 0 Å². The molecule has 0 bridgehead atoms. The van der Waals surface area contributed by atoms with E-state index in [1.165, 1.54) is 25.0 Å². The summed E-state index contributed by atoms with van der Waals surface area (Å²) in [4.78, 5) is 2.18. The summed E-state index contributed by atoms with van der Waals surface area (Å²) in [5.74, 6) is 0.557. The van der Waals surface area contributed by atoms with Gasteiger partial charge in [0.15, 0.2) is 0 Å². The van der Waals surface area contributed by atoms with Gasteiger partial charge in [0.1, 0.15) is 0 Å². The molecule has 19 heavy (non-hydrogen) atoms. The minimum absolute atomic E-state index is 0.557. The van der Waals surface area contributed by atoms with Gasteiger partial charge in [0, 0.05) is 18.5 Å². The highest BCUT2D eigenvalue weighted by Crippen LogP contribution is 2.37. The summed E-state index contributed by atoms with van der Waals surface area (Å²) in [5.41, 5.74) is 1.24. The first-order valence-electron chi connectivity index (χ1n) is 7.21. The van der Waals surface area contributed by atoms with Gasteiger partial charge in [-0.1, -0.05) is 18.5 Å². The van der Waals surface area contributed by atoms with E-state index < -0.39 is 0 Å². The fraction of sp³-hybridized carbons (Fsp3) is 0.786. The van der Waals surface area contributed by atoms with E-state index in [0.717, 1.165) is 24.7 Å². The molecule has 0 aromatic carbocycles. The van der Waals surface area contributed by atoms with Crippen molar-refractivity contribution in [3.05, 3.63) is 16.9 Å². The Hall–Kier alpha value is -0.580. The third-order valence-corrected chi connectivity index (χ3v) is 4.20. The Morgan fingerprint density at radius 1 is 1.47 bits per heavy atom. The lowest BCUT2D eigenvalue weighted by molar-refractivity contribution is 0.366. The predicted molar refractivity (Wildman–Crippen MR) is 79.8 cm³/mol. The maximum absolute atomic E-state index is 6.35. The lowest BCUT2D eigenvalue weighted by Crippen LogP contribution is -2.26. The molecule has 1 aliphatic carbocycles. The number of halogens is 1. The molecule has 1 aromatic rings. The number of nitrogens with one attached hydrogen (secondary N) is 1. The van der Waals surface area contributed by atoms with Crippen molar-refractivity contribution in [1.82, 2.24) is 20.0 Å². The molecular weight excluding hydrogens is 260 g/mol. The van der Waals surface area contributed by atoms with Gasteiger partial charge < -0.3 is 10.2 Å². The van der Waals surface area contributed by atoms with Gasteiger partial charge in [-0.3, -0.25) is 4.68 Å². The van der Waals surface area contributed by atoms with Crippen LogP contribution in [0.2, 0.25) is 5.02 Å². The second-order valence-electron chi connectivity index (χ2n) is 5.67. The van der Waals surface area contributed by atoms with Crippen LogP contribution in [0, 0.1) is 0 Å². The average molecular weight is 285 g/mol. The van der Waals surface area contributed by atoms with Crippen molar-refractivity contribution in [2.24, 2.45) is 0 Å². The Morgan fingerprint density at radius 2 is 2.26 bits per heavy atom. The molecule has 0 radical (unpaired) electrons. The van der Waals surface area contributed by atoms with Crippen molar-refractivity contribution in [2.45, 2.75) is 44.7 Å². The van der Waals surface area contributed by atoms with Crippen LogP contribution in [0.1, 0.15) is 37.8 Å². The van der Waals surface area contributed by atoms with Crippen molar-refractivity contribution < 1.29 is 0 Å². The van der Waals surface area contributed by atoms with Gasteiger partial charge in [-0.15, -0.1) is 0 Å². The van der Waals surface area contributed by atoms with Crippen LogP contribution < -0.4 is 5.32 Å². The van der Waals surface area contributed by atoms with Crippen molar-refractivity contribution in [3.8, 4) is 0 Å². The Balaban J connectivity index is 2.05. The van der Waals surface area contributed by atoms with E-state index in [9.17, 15) is 0 Å². The zero-order chi connectivity index (χ0) is 13.8. The van der Waals surface area contributed by atoms with Crippen molar-refractivity contribution in [2.75, 3.05) is 27.2 Å². The van der Waals surface area contributed by atoms with Gasteiger partial charge in [-0.05, 0) is 39.9 Å². The van der Waals surface area contributed by atoms with Crippen molar-refractivity contribution in [3.63, 3.8) is 0 Å². The summed E-state index contributed by atoms with van der Waals surface area (Å²) in [7, 11) is 4.17. The van der Waals surface area contributed by atoms with E-state index in [-0.39, 0.29) is 0 Å². The average Bonchev–Trinajstić information content (AvgIpc) is 2.94. The van der Waals surface area contributed by atoms with Crippen LogP contribution in [0.25, 0.3) is 0 Å². The largest absolute Gasteiger partial charge is 0.314 e. The third-order valence-electron chi connectivity index (χ3n) is 3.90. The van der Waals surface area contributed by atoms with Crippen LogP contribution >= 0.6 is 11.6 Å². The molecule has 1 fully saturated rings. The van der Waals surface area contributed by atoms with E-state index in [2.05, 4.69) is 41.0 Å². The fourth-order valence-electron chi connectivity index (χ4n) is 2.95.